The molecule has 0 fully saturated rings. The minimum atomic E-state index is 0.0237. The number of aromatic nitrogens is 1. The predicted octanol–water partition coefficient (Wildman–Crippen LogP) is 3.88. The van der Waals surface area contributed by atoms with Gasteiger partial charge in [0.05, 0.1) is 17.6 Å². The summed E-state index contributed by atoms with van der Waals surface area (Å²) in [5.74, 6) is 0. The molecule has 0 aliphatic rings. The Morgan fingerprint density at radius 3 is 2.25 bits per heavy atom. The molecule has 1 aromatic heterocycles. The van der Waals surface area contributed by atoms with Crippen molar-refractivity contribution in [3.63, 3.8) is 0 Å². The fourth-order valence-corrected chi connectivity index (χ4v) is 2.32. The van der Waals surface area contributed by atoms with E-state index in [1.54, 1.807) is 0 Å². The van der Waals surface area contributed by atoms with Crippen molar-refractivity contribution >= 4 is 11.4 Å². The predicted molar refractivity (Wildman–Crippen MR) is 85.4 cm³/mol. The molecule has 2 aromatic rings. The molecule has 2 N–H and O–H groups in total. The Morgan fingerprint density at radius 2 is 1.75 bits per heavy atom. The van der Waals surface area contributed by atoms with E-state index in [0.29, 0.717) is 0 Å². The molecule has 0 aliphatic carbocycles. The smallest absolute Gasteiger partial charge is 0.0594 e. The SMILES string of the molecule is CCC(N)c1ccc(N(C)c2cc(C)cc(C)c2)cn1. The van der Waals surface area contributed by atoms with Gasteiger partial charge in [0.1, 0.15) is 0 Å². The number of pyridine rings is 1. The first-order chi connectivity index (χ1) is 9.51. The number of hydrogen-bond acceptors (Lipinski definition) is 3. The van der Waals surface area contributed by atoms with Crippen LogP contribution in [0.15, 0.2) is 36.5 Å². The molecule has 20 heavy (non-hydrogen) atoms. The first kappa shape index (κ1) is 14.5. The van der Waals surface area contributed by atoms with Gasteiger partial charge >= 0.3 is 0 Å². The van der Waals surface area contributed by atoms with E-state index in [1.807, 2.05) is 12.3 Å². The average Bonchev–Trinajstić information content (AvgIpc) is 2.45. The summed E-state index contributed by atoms with van der Waals surface area (Å²) in [4.78, 5) is 6.62. The van der Waals surface area contributed by atoms with Crippen LogP contribution in [-0.4, -0.2) is 12.0 Å². The molecule has 0 saturated heterocycles. The summed E-state index contributed by atoms with van der Waals surface area (Å²) in [7, 11) is 2.06. The average molecular weight is 269 g/mol. The molecule has 3 heteroatoms. The summed E-state index contributed by atoms with van der Waals surface area (Å²) in [5, 5.41) is 0. The minimum absolute atomic E-state index is 0.0237. The number of aryl methyl sites for hydroxylation is 2. The van der Waals surface area contributed by atoms with Gasteiger partial charge in [0.25, 0.3) is 0 Å². The Labute approximate surface area is 121 Å². The van der Waals surface area contributed by atoms with Crippen molar-refractivity contribution in [3.05, 3.63) is 53.3 Å². The van der Waals surface area contributed by atoms with Crippen LogP contribution < -0.4 is 10.6 Å². The lowest BCUT2D eigenvalue weighted by Crippen LogP contribution is -2.13. The molecule has 0 spiro atoms. The van der Waals surface area contributed by atoms with E-state index in [4.69, 9.17) is 5.73 Å². The van der Waals surface area contributed by atoms with Gasteiger partial charge in [-0.1, -0.05) is 13.0 Å². The van der Waals surface area contributed by atoms with Gasteiger partial charge in [-0.3, -0.25) is 4.98 Å². The molecule has 3 nitrogen and oxygen atoms in total. The number of hydrogen-bond donors (Lipinski definition) is 1. The van der Waals surface area contributed by atoms with Crippen molar-refractivity contribution < 1.29 is 0 Å². The zero-order valence-electron chi connectivity index (χ0n) is 12.7. The molecule has 1 atom stereocenters. The van der Waals surface area contributed by atoms with Gasteiger partial charge in [0.2, 0.25) is 0 Å². The van der Waals surface area contributed by atoms with E-state index in [2.05, 4.69) is 62.0 Å². The highest BCUT2D eigenvalue weighted by molar-refractivity contribution is 5.63. The molecule has 0 saturated carbocycles. The first-order valence-corrected chi connectivity index (χ1v) is 7.05. The van der Waals surface area contributed by atoms with Gasteiger partial charge in [-0.15, -0.1) is 0 Å². The topological polar surface area (TPSA) is 42.1 Å². The summed E-state index contributed by atoms with van der Waals surface area (Å²) >= 11 is 0. The van der Waals surface area contributed by atoms with E-state index in [0.717, 1.165) is 17.8 Å². The molecule has 1 heterocycles. The number of nitrogens with zero attached hydrogens (tertiary/aromatic N) is 2. The van der Waals surface area contributed by atoms with Crippen molar-refractivity contribution in [1.82, 2.24) is 4.98 Å². The Bertz CT molecular complexity index is 555. The molecule has 2 rings (SSSR count). The highest BCUT2D eigenvalue weighted by Crippen LogP contribution is 2.25. The van der Waals surface area contributed by atoms with Crippen LogP contribution in [0.2, 0.25) is 0 Å². The van der Waals surface area contributed by atoms with Crippen LogP contribution in [-0.2, 0) is 0 Å². The summed E-state index contributed by atoms with van der Waals surface area (Å²) < 4.78 is 0. The van der Waals surface area contributed by atoms with E-state index < -0.39 is 0 Å². The third-order valence-corrected chi connectivity index (χ3v) is 3.57. The van der Waals surface area contributed by atoms with Gasteiger partial charge in [0, 0.05) is 18.8 Å². The van der Waals surface area contributed by atoms with E-state index in [9.17, 15) is 0 Å². The van der Waals surface area contributed by atoms with E-state index in [1.165, 1.54) is 16.8 Å². The second-order valence-electron chi connectivity index (χ2n) is 5.36. The fraction of sp³-hybridized carbons (Fsp3) is 0.353. The van der Waals surface area contributed by atoms with Gasteiger partial charge < -0.3 is 10.6 Å². The molecule has 0 radical (unpaired) electrons. The van der Waals surface area contributed by atoms with Crippen LogP contribution in [0.3, 0.4) is 0 Å². The standard InChI is InChI=1S/C17H23N3/c1-5-16(18)17-7-6-14(11-19-17)20(4)15-9-12(2)8-13(3)10-15/h6-11,16H,5,18H2,1-4H3. The van der Waals surface area contributed by atoms with E-state index in [-0.39, 0.29) is 6.04 Å². The lowest BCUT2D eigenvalue weighted by Gasteiger charge is -2.21. The van der Waals surface area contributed by atoms with Crippen LogP contribution in [0.5, 0.6) is 0 Å². The van der Waals surface area contributed by atoms with Crippen LogP contribution >= 0.6 is 0 Å². The third-order valence-electron chi connectivity index (χ3n) is 3.57. The summed E-state index contributed by atoms with van der Waals surface area (Å²) in [6.45, 7) is 6.31. The van der Waals surface area contributed by atoms with Gasteiger partial charge in [-0.2, -0.15) is 0 Å². The van der Waals surface area contributed by atoms with Crippen molar-refractivity contribution in [1.29, 1.82) is 0 Å². The lowest BCUT2D eigenvalue weighted by molar-refractivity contribution is 0.675. The first-order valence-electron chi connectivity index (χ1n) is 7.05. The second kappa shape index (κ2) is 6.06. The second-order valence-corrected chi connectivity index (χ2v) is 5.36. The summed E-state index contributed by atoms with van der Waals surface area (Å²) in [6, 6.07) is 10.7. The molecule has 1 unspecified atom stereocenters. The maximum Gasteiger partial charge on any atom is 0.0594 e. The number of anilines is 2. The molecule has 106 valence electrons. The van der Waals surface area contributed by atoms with E-state index >= 15 is 0 Å². The lowest BCUT2D eigenvalue weighted by atomic mass is 10.1. The number of rotatable bonds is 4. The number of nitrogens with two attached hydrogens (primary N) is 1. The summed E-state index contributed by atoms with van der Waals surface area (Å²) in [5.41, 5.74) is 11.7. The zero-order chi connectivity index (χ0) is 14.7. The fourth-order valence-electron chi connectivity index (χ4n) is 2.32. The maximum absolute atomic E-state index is 6.00. The Hall–Kier alpha value is -1.87. The van der Waals surface area contributed by atoms with Crippen molar-refractivity contribution in [2.45, 2.75) is 33.2 Å². The maximum atomic E-state index is 6.00. The Balaban J connectivity index is 2.26. The Kier molecular flexibility index (Phi) is 4.40. The van der Waals surface area contributed by atoms with Crippen LogP contribution in [0.25, 0.3) is 0 Å². The molecular weight excluding hydrogens is 246 g/mol. The van der Waals surface area contributed by atoms with Gasteiger partial charge in [-0.05, 0) is 55.7 Å². The molecule has 0 amide bonds. The summed E-state index contributed by atoms with van der Waals surface area (Å²) in [6.07, 6.45) is 2.79. The normalized spacial score (nSPS) is 12.2. The van der Waals surface area contributed by atoms with Crippen molar-refractivity contribution in [2.75, 3.05) is 11.9 Å². The van der Waals surface area contributed by atoms with Crippen LogP contribution in [0, 0.1) is 13.8 Å². The Morgan fingerprint density at radius 1 is 1.10 bits per heavy atom. The highest BCUT2D eigenvalue weighted by Gasteiger charge is 2.08. The van der Waals surface area contributed by atoms with Crippen LogP contribution in [0.1, 0.15) is 36.2 Å². The molecule has 0 bridgehead atoms. The highest BCUT2D eigenvalue weighted by atomic mass is 15.1. The minimum Gasteiger partial charge on any atom is -0.343 e. The van der Waals surface area contributed by atoms with Crippen molar-refractivity contribution in [2.24, 2.45) is 5.73 Å². The molecule has 1 aromatic carbocycles. The monoisotopic (exact) mass is 269 g/mol. The van der Waals surface area contributed by atoms with Gasteiger partial charge in [-0.25, -0.2) is 0 Å². The largest absolute Gasteiger partial charge is 0.343 e. The third kappa shape index (κ3) is 3.17. The van der Waals surface area contributed by atoms with Crippen molar-refractivity contribution in [3.8, 4) is 0 Å². The molecule has 0 aliphatic heterocycles. The zero-order valence-corrected chi connectivity index (χ0v) is 12.7. The molecular formula is C17H23N3. The number of benzene rings is 1. The quantitative estimate of drug-likeness (QED) is 0.916. The van der Waals surface area contributed by atoms with Gasteiger partial charge in [0.15, 0.2) is 0 Å². The van der Waals surface area contributed by atoms with Crippen LogP contribution in [0.4, 0.5) is 11.4 Å².